The predicted molar refractivity (Wildman–Crippen MR) is 96.5 cm³/mol. The Morgan fingerprint density at radius 2 is 2.16 bits per heavy atom. The molecule has 1 fully saturated rings. The minimum atomic E-state index is -0.472. The van der Waals surface area contributed by atoms with Gasteiger partial charge in [0.2, 0.25) is 5.76 Å². The molecule has 0 radical (unpaired) electrons. The lowest BCUT2D eigenvalue weighted by molar-refractivity contribution is -0.885. The fourth-order valence-electron chi connectivity index (χ4n) is 2.80. The number of benzene rings is 1. The molecule has 1 aromatic carbocycles. The van der Waals surface area contributed by atoms with E-state index in [1.54, 1.807) is 6.92 Å². The van der Waals surface area contributed by atoms with Crippen molar-refractivity contribution < 1.29 is 23.6 Å². The normalized spacial score (nSPS) is 15.2. The van der Waals surface area contributed by atoms with Crippen molar-refractivity contribution in [1.29, 1.82) is 0 Å². The number of furan rings is 1. The van der Waals surface area contributed by atoms with E-state index >= 15 is 0 Å². The molecule has 25 heavy (non-hydrogen) atoms. The number of halogens is 1. The van der Waals surface area contributed by atoms with Crippen LogP contribution in [-0.2, 0) is 16.1 Å². The van der Waals surface area contributed by atoms with E-state index in [1.165, 1.54) is 0 Å². The molecule has 0 bridgehead atoms. The molecule has 3 rings (SSSR count). The van der Waals surface area contributed by atoms with Crippen molar-refractivity contribution >= 4 is 38.8 Å². The summed E-state index contributed by atoms with van der Waals surface area (Å²) in [4.78, 5) is 25.3. The largest absolute Gasteiger partial charge is 0.460 e. The van der Waals surface area contributed by atoms with Crippen LogP contribution < -0.4 is 10.2 Å². The van der Waals surface area contributed by atoms with Gasteiger partial charge in [-0.25, -0.2) is 4.79 Å². The first-order valence-electron chi connectivity index (χ1n) is 8.46. The molecule has 0 aliphatic heterocycles. The van der Waals surface area contributed by atoms with Gasteiger partial charge in [-0.3, -0.25) is 4.79 Å². The summed E-state index contributed by atoms with van der Waals surface area (Å²) in [5.41, 5.74) is 1.41. The lowest BCUT2D eigenvalue weighted by Crippen LogP contribution is -3.09. The molecule has 1 saturated carbocycles. The van der Waals surface area contributed by atoms with E-state index < -0.39 is 5.97 Å². The Labute approximate surface area is 154 Å². The number of hydrogen-bond acceptors (Lipinski definition) is 4. The maximum Gasteiger partial charge on any atom is 0.374 e. The summed E-state index contributed by atoms with van der Waals surface area (Å²) < 4.78 is 11.8. The first-order chi connectivity index (χ1) is 12.0. The van der Waals surface area contributed by atoms with Crippen LogP contribution in [0.15, 0.2) is 27.1 Å². The van der Waals surface area contributed by atoms with Crippen molar-refractivity contribution in [2.24, 2.45) is 0 Å². The van der Waals surface area contributed by atoms with Crippen LogP contribution in [0.4, 0.5) is 0 Å². The van der Waals surface area contributed by atoms with Gasteiger partial charge in [-0.1, -0.05) is 15.9 Å². The van der Waals surface area contributed by atoms with Gasteiger partial charge in [-0.2, -0.15) is 0 Å². The van der Waals surface area contributed by atoms with E-state index in [0.29, 0.717) is 24.7 Å². The maximum atomic E-state index is 12.3. The summed E-state index contributed by atoms with van der Waals surface area (Å²) in [7, 11) is 1.93. The van der Waals surface area contributed by atoms with Gasteiger partial charge in [0.25, 0.3) is 5.91 Å². The van der Waals surface area contributed by atoms with Crippen molar-refractivity contribution in [1.82, 2.24) is 5.32 Å². The third kappa shape index (κ3) is 4.41. The molecule has 2 N–H and O–H groups in total. The van der Waals surface area contributed by atoms with Crippen molar-refractivity contribution in [2.75, 3.05) is 20.2 Å². The average molecular weight is 410 g/mol. The second-order valence-electron chi connectivity index (χ2n) is 6.42. The van der Waals surface area contributed by atoms with E-state index in [-0.39, 0.29) is 18.3 Å². The van der Waals surface area contributed by atoms with Crippen LogP contribution in [0.5, 0.6) is 0 Å². The Bertz CT molecular complexity index is 798. The van der Waals surface area contributed by atoms with Crippen LogP contribution in [-0.4, -0.2) is 38.1 Å². The molecule has 1 unspecified atom stereocenters. The molecule has 1 aliphatic carbocycles. The lowest BCUT2D eigenvalue weighted by atomic mass is 10.1. The van der Waals surface area contributed by atoms with Gasteiger partial charge in [0.1, 0.15) is 12.1 Å². The number of ether oxygens (including phenoxy) is 1. The monoisotopic (exact) mass is 409 g/mol. The van der Waals surface area contributed by atoms with Gasteiger partial charge in [0.15, 0.2) is 6.54 Å². The lowest BCUT2D eigenvalue weighted by Gasteiger charge is -2.14. The van der Waals surface area contributed by atoms with Crippen molar-refractivity contribution in [2.45, 2.75) is 32.4 Å². The Morgan fingerprint density at radius 3 is 2.84 bits per heavy atom. The Kier molecular flexibility index (Phi) is 5.44. The standard InChI is InChI=1S/C18H21BrN2O4/c1-3-24-18(23)17-14(13-8-11(19)4-7-15(13)25-17)9-21(2)10-16(22)20-12-5-6-12/h4,7-8,12H,3,5-6,9-10H2,1-2H3,(H,20,22)/p+1. The summed E-state index contributed by atoms with van der Waals surface area (Å²) in [5.74, 6) is -0.219. The van der Waals surface area contributed by atoms with Gasteiger partial charge in [-0.15, -0.1) is 0 Å². The topological polar surface area (TPSA) is 73.0 Å². The van der Waals surface area contributed by atoms with Crippen molar-refractivity contribution in [3.8, 4) is 0 Å². The Hall–Kier alpha value is -1.86. The highest BCUT2D eigenvalue weighted by Gasteiger charge is 2.27. The fraction of sp³-hybridized carbons (Fsp3) is 0.444. The van der Waals surface area contributed by atoms with Crippen LogP contribution in [0.1, 0.15) is 35.9 Å². The second-order valence-corrected chi connectivity index (χ2v) is 7.34. The number of quaternary nitrogens is 1. The molecule has 6 nitrogen and oxygen atoms in total. The molecule has 2 aromatic rings. The molecule has 1 aromatic heterocycles. The number of esters is 1. The van der Waals surface area contributed by atoms with E-state index in [2.05, 4.69) is 21.2 Å². The molecule has 7 heteroatoms. The van der Waals surface area contributed by atoms with Crippen molar-refractivity contribution in [3.63, 3.8) is 0 Å². The number of fused-ring (bicyclic) bond motifs is 1. The summed E-state index contributed by atoms with van der Waals surface area (Å²) in [6, 6.07) is 5.96. The minimum Gasteiger partial charge on any atom is -0.460 e. The van der Waals surface area contributed by atoms with Crippen LogP contribution in [0.2, 0.25) is 0 Å². The Morgan fingerprint density at radius 1 is 1.40 bits per heavy atom. The number of carbonyl (C=O) groups is 2. The minimum absolute atomic E-state index is 0.0339. The van der Waals surface area contributed by atoms with Gasteiger partial charge in [0.05, 0.1) is 19.2 Å². The molecule has 1 aliphatic rings. The van der Waals surface area contributed by atoms with Crippen LogP contribution in [0, 0.1) is 0 Å². The quantitative estimate of drug-likeness (QED) is 0.682. The number of carbonyl (C=O) groups excluding carboxylic acids is 2. The fourth-order valence-corrected chi connectivity index (χ4v) is 3.16. The summed E-state index contributed by atoms with van der Waals surface area (Å²) in [6.07, 6.45) is 2.14. The zero-order valence-electron chi connectivity index (χ0n) is 14.4. The molecule has 1 amide bonds. The smallest absolute Gasteiger partial charge is 0.374 e. The number of hydrogen-bond donors (Lipinski definition) is 2. The Balaban J connectivity index is 1.83. The third-order valence-corrected chi connectivity index (χ3v) is 4.59. The highest BCUT2D eigenvalue weighted by atomic mass is 79.9. The maximum absolute atomic E-state index is 12.3. The van der Waals surface area contributed by atoms with Crippen LogP contribution in [0.3, 0.4) is 0 Å². The van der Waals surface area contributed by atoms with E-state index in [1.807, 2.05) is 25.2 Å². The van der Waals surface area contributed by atoms with Gasteiger partial charge < -0.3 is 19.4 Å². The SMILES string of the molecule is CCOC(=O)c1oc2ccc(Br)cc2c1C[NH+](C)CC(=O)NC1CC1. The van der Waals surface area contributed by atoms with Crippen molar-refractivity contribution in [3.05, 3.63) is 34.0 Å². The molecule has 1 atom stereocenters. The van der Waals surface area contributed by atoms with Crippen LogP contribution in [0.25, 0.3) is 11.0 Å². The van der Waals surface area contributed by atoms with Gasteiger partial charge in [0, 0.05) is 15.9 Å². The summed E-state index contributed by atoms with van der Waals surface area (Å²) >= 11 is 3.46. The first kappa shape index (κ1) is 17.9. The molecular weight excluding hydrogens is 388 g/mol. The summed E-state index contributed by atoms with van der Waals surface area (Å²) in [5, 5.41) is 3.85. The third-order valence-electron chi connectivity index (χ3n) is 4.10. The van der Waals surface area contributed by atoms with E-state index in [0.717, 1.165) is 33.2 Å². The predicted octanol–water partition coefficient (Wildman–Crippen LogP) is 1.67. The zero-order valence-corrected chi connectivity index (χ0v) is 15.9. The molecule has 0 saturated heterocycles. The second kappa shape index (κ2) is 7.58. The number of nitrogens with one attached hydrogen (secondary N) is 2. The molecule has 0 spiro atoms. The number of amides is 1. The van der Waals surface area contributed by atoms with Gasteiger partial charge in [-0.05, 0) is 38.0 Å². The van der Waals surface area contributed by atoms with E-state index in [9.17, 15) is 9.59 Å². The summed E-state index contributed by atoms with van der Waals surface area (Å²) in [6.45, 7) is 2.89. The zero-order chi connectivity index (χ0) is 18.0. The highest BCUT2D eigenvalue weighted by molar-refractivity contribution is 9.10. The molecule has 134 valence electrons. The first-order valence-corrected chi connectivity index (χ1v) is 9.26. The highest BCUT2D eigenvalue weighted by Crippen LogP contribution is 2.29. The average Bonchev–Trinajstić information content (AvgIpc) is 3.29. The van der Waals surface area contributed by atoms with Gasteiger partial charge >= 0.3 is 5.97 Å². The number of likely N-dealkylation sites (N-methyl/N-ethyl adjacent to an activating group) is 1. The number of rotatable bonds is 7. The molecule has 1 heterocycles. The van der Waals surface area contributed by atoms with Crippen LogP contribution >= 0.6 is 15.9 Å². The molecular formula is C18H22BrN2O4+. The van der Waals surface area contributed by atoms with E-state index in [4.69, 9.17) is 9.15 Å².